The minimum atomic E-state index is -0.932. The van der Waals surface area contributed by atoms with E-state index in [4.69, 9.17) is 14.6 Å². The summed E-state index contributed by atoms with van der Waals surface area (Å²) in [5, 5.41) is 9.15. The minimum Gasteiger partial charge on any atom is -0.486 e. The van der Waals surface area contributed by atoms with Crippen LogP contribution >= 0.6 is 0 Å². The number of para-hydroxylation sites is 2. The number of ether oxygens (including phenoxy) is 2. The number of carboxylic acids is 1. The molecular formula is C16H15NO4. The van der Waals surface area contributed by atoms with E-state index in [-0.39, 0.29) is 6.10 Å². The van der Waals surface area contributed by atoms with Crippen molar-refractivity contribution < 1.29 is 19.4 Å². The van der Waals surface area contributed by atoms with Gasteiger partial charge in [-0.05, 0) is 36.6 Å². The average Bonchev–Trinajstić information content (AvgIpc) is 2.53. The van der Waals surface area contributed by atoms with E-state index in [1.807, 2.05) is 24.3 Å². The van der Waals surface area contributed by atoms with Crippen LogP contribution in [-0.4, -0.2) is 28.8 Å². The number of rotatable bonds is 4. The van der Waals surface area contributed by atoms with E-state index in [9.17, 15) is 4.79 Å². The van der Waals surface area contributed by atoms with Gasteiger partial charge in [0.2, 0.25) is 0 Å². The maximum atomic E-state index is 11.2. The van der Waals surface area contributed by atoms with E-state index < -0.39 is 5.97 Å². The van der Waals surface area contributed by atoms with Crippen molar-refractivity contribution in [2.45, 2.75) is 18.9 Å². The van der Waals surface area contributed by atoms with Gasteiger partial charge in [0, 0.05) is 12.4 Å². The predicted octanol–water partition coefficient (Wildman–Crippen LogP) is 2.55. The quantitative estimate of drug-likeness (QED) is 0.935. The molecule has 0 amide bonds. The van der Waals surface area contributed by atoms with Crippen LogP contribution in [0.25, 0.3) is 0 Å². The molecule has 1 aromatic heterocycles. The zero-order valence-corrected chi connectivity index (χ0v) is 11.4. The van der Waals surface area contributed by atoms with Crippen LogP contribution in [0.5, 0.6) is 11.5 Å². The number of aromatic nitrogens is 1. The Balaban J connectivity index is 1.66. The Kier molecular flexibility index (Phi) is 3.73. The van der Waals surface area contributed by atoms with Crippen molar-refractivity contribution in [2.24, 2.45) is 0 Å². The topological polar surface area (TPSA) is 68.7 Å². The smallest absolute Gasteiger partial charge is 0.336 e. The van der Waals surface area contributed by atoms with Crippen LogP contribution in [-0.2, 0) is 6.42 Å². The number of carboxylic acid groups (broad SMARTS) is 1. The van der Waals surface area contributed by atoms with Crippen molar-refractivity contribution in [3.05, 3.63) is 53.9 Å². The van der Waals surface area contributed by atoms with E-state index in [0.29, 0.717) is 30.6 Å². The number of fused-ring (bicyclic) bond motifs is 1. The highest BCUT2D eigenvalue weighted by atomic mass is 16.6. The molecule has 5 nitrogen and oxygen atoms in total. The molecule has 3 rings (SSSR count). The van der Waals surface area contributed by atoms with Crippen LogP contribution in [0, 0.1) is 0 Å². The van der Waals surface area contributed by atoms with Crippen LogP contribution < -0.4 is 9.47 Å². The molecule has 0 radical (unpaired) electrons. The van der Waals surface area contributed by atoms with E-state index in [1.54, 1.807) is 6.20 Å². The van der Waals surface area contributed by atoms with E-state index in [0.717, 1.165) is 11.5 Å². The Morgan fingerprint density at radius 2 is 2.10 bits per heavy atom. The first-order valence-electron chi connectivity index (χ1n) is 6.78. The molecule has 1 atom stereocenters. The number of aromatic carboxylic acids is 1. The van der Waals surface area contributed by atoms with Gasteiger partial charge in [0.1, 0.15) is 12.7 Å². The Bertz CT molecular complexity index is 656. The van der Waals surface area contributed by atoms with Gasteiger partial charge in [0.25, 0.3) is 0 Å². The van der Waals surface area contributed by atoms with Gasteiger partial charge in [-0.1, -0.05) is 12.1 Å². The normalized spacial score (nSPS) is 16.5. The third-order valence-corrected chi connectivity index (χ3v) is 3.44. The van der Waals surface area contributed by atoms with Crippen molar-refractivity contribution in [3.8, 4) is 11.5 Å². The second kappa shape index (κ2) is 5.83. The fourth-order valence-electron chi connectivity index (χ4n) is 2.36. The van der Waals surface area contributed by atoms with Crippen LogP contribution in [0.3, 0.4) is 0 Å². The molecule has 0 aliphatic carbocycles. The lowest BCUT2D eigenvalue weighted by molar-refractivity contribution is 0.0693. The van der Waals surface area contributed by atoms with Gasteiger partial charge < -0.3 is 14.6 Å². The summed E-state index contributed by atoms with van der Waals surface area (Å²) in [4.78, 5) is 15.1. The number of hydrogen-bond acceptors (Lipinski definition) is 4. The Morgan fingerprint density at radius 3 is 2.90 bits per heavy atom. The zero-order chi connectivity index (χ0) is 14.7. The molecule has 5 heteroatoms. The van der Waals surface area contributed by atoms with Gasteiger partial charge >= 0.3 is 5.97 Å². The van der Waals surface area contributed by atoms with Crippen LogP contribution in [0.2, 0.25) is 0 Å². The number of carbonyl (C=O) groups is 1. The second-order valence-corrected chi connectivity index (χ2v) is 4.87. The van der Waals surface area contributed by atoms with Crippen molar-refractivity contribution in [3.63, 3.8) is 0 Å². The lowest BCUT2D eigenvalue weighted by atomic mass is 10.0. The Labute approximate surface area is 122 Å². The molecule has 2 heterocycles. The van der Waals surface area contributed by atoms with Gasteiger partial charge in [0.05, 0.1) is 5.56 Å². The summed E-state index contributed by atoms with van der Waals surface area (Å²) in [7, 11) is 0. The number of aryl methyl sites for hydroxylation is 1. The summed E-state index contributed by atoms with van der Waals surface area (Å²) in [5.41, 5.74) is 1.01. The largest absolute Gasteiger partial charge is 0.486 e. The molecular weight excluding hydrogens is 270 g/mol. The number of benzene rings is 1. The summed E-state index contributed by atoms with van der Waals surface area (Å²) in [5.74, 6) is 0.554. The summed E-state index contributed by atoms with van der Waals surface area (Å²) in [6, 6.07) is 9.06. The van der Waals surface area contributed by atoms with Gasteiger partial charge in [0.15, 0.2) is 11.5 Å². The first kappa shape index (κ1) is 13.4. The molecule has 21 heavy (non-hydrogen) atoms. The molecule has 0 saturated heterocycles. The molecule has 2 aromatic rings. The van der Waals surface area contributed by atoms with Crippen molar-refractivity contribution in [1.29, 1.82) is 0 Å². The fraction of sp³-hybridized carbons (Fsp3) is 0.250. The lowest BCUT2D eigenvalue weighted by Gasteiger charge is -2.26. The Hall–Kier alpha value is -2.56. The van der Waals surface area contributed by atoms with E-state index in [2.05, 4.69) is 4.98 Å². The summed E-state index contributed by atoms with van der Waals surface area (Å²) in [6.07, 6.45) is 4.28. The lowest BCUT2D eigenvalue weighted by Crippen LogP contribution is -2.29. The fourth-order valence-corrected chi connectivity index (χ4v) is 2.36. The highest BCUT2D eigenvalue weighted by Gasteiger charge is 2.21. The third kappa shape index (κ3) is 2.97. The summed E-state index contributed by atoms with van der Waals surface area (Å²) < 4.78 is 11.5. The first-order chi connectivity index (χ1) is 10.2. The molecule has 0 fully saturated rings. The number of nitrogens with zero attached hydrogens (tertiary/aromatic N) is 1. The zero-order valence-electron chi connectivity index (χ0n) is 11.4. The van der Waals surface area contributed by atoms with Crippen molar-refractivity contribution >= 4 is 5.97 Å². The van der Waals surface area contributed by atoms with Gasteiger partial charge in [-0.25, -0.2) is 4.79 Å². The standard InChI is InChI=1S/C16H15NO4/c18-16(19)13-7-8-17-9-11(13)5-6-12-10-20-14-3-1-2-4-15(14)21-12/h1-4,7-9,12H,5-6,10H2,(H,18,19). The molecule has 0 spiro atoms. The van der Waals surface area contributed by atoms with Crippen LogP contribution in [0.4, 0.5) is 0 Å². The maximum absolute atomic E-state index is 11.2. The highest BCUT2D eigenvalue weighted by Crippen LogP contribution is 2.31. The molecule has 0 saturated carbocycles. The third-order valence-electron chi connectivity index (χ3n) is 3.44. The van der Waals surface area contributed by atoms with E-state index >= 15 is 0 Å². The first-order valence-corrected chi connectivity index (χ1v) is 6.78. The van der Waals surface area contributed by atoms with Gasteiger partial charge in [-0.2, -0.15) is 0 Å². The number of pyridine rings is 1. The molecule has 1 aromatic carbocycles. The van der Waals surface area contributed by atoms with Gasteiger partial charge in [-0.15, -0.1) is 0 Å². The predicted molar refractivity (Wildman–Crippen MR) is 75.9 cm³/mol. The average molecular weight is 285 g/mol. The number of hydrogen-bond donors (Lipinski definition) is 1. The monoisotopic (exact) mass is 285 g/mol. The van der Waals surface area contributed by atoms with Gasteiger partial charge in [-0.3, -0.25) is 4.98 Å². The van der Waals surface area contributed by atoms with Crippen LogP contribution in [0.15, 0.2) is 42.7 Å². The minimum absolute atomic E-state index is 0.0817. The summed E-state index contributed by atoms with van der Waals surface area (Å²) >= 11 is 0. The molecule has 1 N–H and O–H groups in total. The Morgan fingerprint density at radius 1 is 1.29 bits per heavy atom. The van der Waals surface area contributed by atoms with Crippen molar-refractivity contribution in [2.75, 3.05) is 6.61 Å². The van der Waals surface area contributed by atoms with E-state index in [1.165, 1.54) is 12.3 Å². The highest BCUT2D eigenvalue weighted by molar-refractivity contribution is 5.89. The molecule has 1 aliphatic heterocycles. The SMILES string of the molecule is O=C(O)c1ccncc1CCC1COc2ccccc2O1. The van der Waals surface area contributed by atoms with Crippen molar-refractivity contribution in [1.82, 2.24) is 4.98 Å². The molecule has 1 aliphatic rings. The van der Waals surface area contributed by atoms with Crippen LogP contribution in [0.1, 0.15) is 22.3 Å². The molecule has 1 unspecified atom stereocenters. The maximum Gasteiger partial charge on any atom is 0.336 e. The molecule has 108 valence electrons. The molecule has 0 bridgehead atoms. The summed E-state index contributed by atoms with van der Waals surface area (Å²) in [6.45, 7) is 0.472. The second-order valence-electron chi connectivity index (χ2n) is 4.87.